The van der Waals surface area contributed by atoms with Gasteiger partial charge in [-0.1, -0.05) is 72.8 Å². The molecule has 0 nitrogen and oxygen atoms in total. The highest BCUT2D eigenvalue weighted by molar-refractivity contribution is 5.95. The van der Waals surface area contributed by atoms with Gasteiger partial charge in [0, 0.05) is 0 Å². The van der Waals surface area contributed by atoms with Gasteiger partial charge in [0.1, 0.15) is 0 Å². The van der Waals surface area contributed by atoms with E-state index in [0.717, 1.165) is 6.42 Å². The first-order valence-corrected chi connectivity index (χ1v) is 6.96. The smallest absolute Gasteiger partial charge is 0.0149 e. The number of rotatable bonds is 2. The summed E-state index contributed by atoms with van der Waals surface area (Å²) < 4.78 is 0. The molecule has 1 aliphatic carbocycles. The first-order chi connectivity index (χ1) is 9.45. The van der Waals surface area contributed by atoms with Crippen LogP contribution in [0.3, 0.4) is 0 Å². The maximum absolute atomic E-state index is 2.30. The lowest BCUT2D eigenvalue weighted by atomic mass is 9.92. The predicted molar refractivity (Wildman–Crippen MR) is 82.7 cm³/mol. The molecule has 0 radical (unpaired) electrons. The van der Waals surface area contributed by atoms with Gasteiger partial charge in [0.25, 0.3) is 0 Å². The van der Waals surface area contributed by atoms with Crippen LogP contribution in [0.25, 0.3) is 11.1 Å². The lowest BCUT2D eigenvalue weighted by Crippen LogP contribution is -1.90. The van der Waals surface area contributed by atoms with Crippen LogP contribution in [0.2, 0.25) is 0 Å². The van der Waals surface area contributed by atoms with E-state index in [1.165, 1.54) is 35.1 Å². The Morgan fingerprint density at radius 1 is 0.684 bits per heavy atom. The number of benzene rings is 2. The summed E-state index contributed by atoms with van der Waals surface area (Å²) in [5, 5.41) is 0. The summed E-state index contributed by atoms with van der Waals surface area (Å²) in [5.41, 5.74) is 5.53. The van der Waals surface area contributed by atoms with Gasteiger partial charge in [-0.25, -0.2) is 0 Å². The van der Waals surface area contributed by atoms with E-state index in [-0.39, 0.29) is 0 Å². The van der Waals surface area contributed by atoms with Crippen LogP contribution in [0.1, 0.15) is 30.4 Å². The fourth-order valence-corrected chi connectivity index (χ4v) is 2.66. The van der Waals surface area contributed by atoms with Gasteiger partial charge in [0.2, 0.25) is 0 Å². The second-order valence-corrected chi connectivity index (χ2v) is 4.92. The minimum Gasteiger partial charge on any atom is -0.0839 e. The Morgan fingerprint density at radius 2 is 1.32 bits per heavy atom. The molecule has 1 aliphatic rings. The topological polar surface area (TPSA) is 0 Å². The van der Waals surface area contributed by atoms with Crippen LogP contribution in [-0.2, 0) is 0 Å². The molecule has 0 heterocycles. The average Bonchev–Trinajstić information content (AvgIpc) is 2.75. The van der Waals surface area contributed by atoms with Crippen LogP contribution in [0, 0.1) is 0 Å². The van der Waals surface area contributed by atoms with Crippen molar-refractivity contribution < 1.29 is 0 Å². The Hall–Kier alpha value is -2.08. The third kappa shape index (κ3) is 2.68. The molecule has 2 aromatic carbocycles. The third-order valence-corrected chi connectivity index (χ3v) is 3.61. The molecule has 3 rings (SSSR count). The van der Waals surface area contributed by atoms with Gasteiger partial charge < -0.3 is 0 Å². The molecule has 2 aromatic rings. The third-order valence-electron chi connectivity index (χ3n) is 3.61. The number of hydrogen-bond acceptors (Lipinski definition) is 0. The summed E-state index contributed by atoms with van der Waals surface area (Å²) in [6.07, 6.45) is 8.16. The molecule has 0 saturated heterocycles. The molecule has 0 N–H and O–H groups in total. The van der Waals surface area contributed by atoms with Crippen LogP contribution in [-0.4, -0.2) is 0 Å². The molecule has 0 spiro atoms. The monoisotopic (exact) mass is 246 g/mol. The van der Waals surface area contributed by atoms with E-state index in [1.54, 1.807) is 0 Å². The Bertz CT molecular complexity index is 588. The van der Waals surface area contributed by atoms with Crippen LogP contribution in [0.4, 0.5) is 0 Å². The van der Waals surface area contributed by atoms with Gasteiger partial charge >= 0.3 is 0 Å². The molecular weight excluding hydrogens is 228 g/mol. The molecule has 0 aliphatic heterocycles. The van der Waals surface area contributed by atoms with Crippen LogP contribution in [0.5, 0.6) is 0 Å². The maximum atomic E-state index is 2.30. The lowest BCUT2D eigenvalue weighted by Gasteiger charge is -2.12. The molecule has 0 aromatic heterocycles. The molecule has 19 heavy (non-hydrogen) atoms. The molecule has 0 heteroatoms. The Labute approximate surface area is 115 Å². The second kappa shape index (κ2) is 5.71. The van der Waals surface area contributed by atoms with Gasteiger partial charge in [-0.15, -0.1) is 0 Å². The van der Waals surface area contributed by atoms with Crippen molar-refractivity contribution in [2.24, 2.45) is 0 Å². The first kappa shape index (κ1) is 12.0. The Kier molecular flexibility index (Phi) is 3.60. The van der Waals surface area contributed by atoms with Crippen LogP contribution in [0.15, 0.2) is 72.8 Å². The fourth-order valence-electron chi connectivity index (χ4n) is 2.66. The molecule has 94 valence electrons. The van der Waals surface area contributed by atoms with E-state index in [9.17, 15) is 0 Å². The highest BCUT2D eigenvalue weighted by Gasteiger charge is 2.11. The zero-order chi connectivity index (χ0) is 12.9. The Balaban J connectivity index is 2.15. The van der Waals surface area contributed by atoms with E-state index in [2.05, 4.69) is 72.8 Å². The highest BCUT2D eigenvalue weighted by atomic mass is 14.2. The maximum Gasteiger partial charge on any atom is -0.0149 e. The van der Waals surface area contributed by atoms with E-state index in [1.807, 2.05) is 0 Å². The van der Waals surface area contributed by atoms with Crippen LogP contribution < -0.4 is 0 Å². The van der Waals surface area contributed by atoms with Crippen molar-refractivity contribution in [3.63, 3.8) is 0 Å². The molecule has 0 saturated carbocycles. The second-order valence-electron chi connectivity index (χ2n) is 4.92. The van der Waals surface area contributed by atoms with Crippen molar-refractivity contribution in [3.8, 4) is 0 Å². The van der Waals surface area contributed by atoms with E-state index >= 15 is 0 Å². The van der Waals surface area contributed by atoms with E-state index < -0.39 is 0 Å². The summed E-state index contributed by atoms with van der Waals surface area (Å²) in [5.74, 6) is 0. The minimum absolute atomic E-state index is 1.15. The summed E-state index contributed by atoms with van der Waals surface area (Å²) in [6.45, 7) is 0. The van der Waals surface area contributed by atoms with Gasteiger partial charge in [-0.05, 0) is 41.5 Å². The fraction of sp³-hybridized carbons (Fsp3) is 0.158. The van der Waals surface area contributed by atoms with Crippen molar-refractivity contribution in [1.82, 2.24) is 0 Å². The van der Waals surface area contributed by atoms with Gasteiger partial charge in [-0.2, -0.15) is 0 Å². The number of allylic oxidation sites excluding steroid dienone is 4. The summed E-state index contributed by atoms with van der Waals surface area (Å²) in [4.78, 5) is 0. The minimum atomic E-state index is 1.15. The average molecular weight is 246 g/mol. The first-order valence-electron chi connectivity index (χ1n) is 6.96. The Morgan fingerprint density at radius 3 is 2.00 bits per heavy atom. The van der Waals surface area contributed by atoms with Crippen molar-refractivity contribution in [2.45, 2.75) is 19.3 Å². The normalized spacial score (nSPS) is 15.4. The highest BCUT2D eigenvalue weighted by Crippen LogP contribution is 2.33. The summed E-state index contributed by atoms with van der Waals surface area (Å²) in [6, 6.07) is 21.5. The summed E-state index contributed by atoms with van der Waals surface area (Å²) in [7, 11) is 0. The molecular formula is C19H18. The van der Waals surface area contributed by atoms with Crippen LogP contribution >= 0.6 is 0 Å². The molecule has 0 amide bonds. The SMILES string of the molecule is C1=CC(c2ccccc2)=C(c2ccccc2)CCC1. The quantitative estimate of drug-likeness (QED) is 0.671. The summed E-state index contributed by atoms with van der Waals surface area (Å²) >= 11 is 0. The zero-order valence-corrected chi connectivity index (χ0v) is 11.0. The van der Waals surface area contributed by atoms with Gasteiger partial charge in [-0.3, -0.25) is 0 Å². The van der Waals surface area contributed by atoms with Crippen molar-refractivity contribution >= 4 is 11.1 Å². The molecule has 0 atom stereocenters. The van der Waals surface area contributed by atoms with Crippen molar-refractivity contribution in [2.75, 3.05) is 0 Å². The van der Waals surface area contributed by atoms with Gasteiger partial charge in [0.15, 0.2) is 0 Å². The lowest BCUT2D eigenvalue weighted by molar-refractivity contribution is 0.886. The standard InChI is InChI=1S/C19H18/c1-4-10-16(11-5-1)18-14-8-3-9-15-19(18)17-12-6-2-7-13-17/h1-2,4-8,10-14H,3,9,15H2. The molecule has 0 fully saturated rings. The van der Waals surface area contributed by atoms with Crippen molar-refractivity contribution in [1.29, 1.82) is 0 Å². The van der Waals surface area contributed by atoms with E-state index in [0.29, 0.717) is 0 Å². The predicted octanol–water partition coefficient (Wildman–Crippen LogP) is 5.34. The zero-order valence-electron chi connectivity index (χ0n) is 11.0. The molecule has 0 unspecified atom stereocenters. The van der Waals surface area contributed by atoms with Gasteiger partial charge in [0.05, 0.1) is 0 Å². The largest absolute Gasteiger partial charge is 0.0839 e. The molecule has 0 bridgehead atoms. The van der Waals surface area contributed by atoms with Crippen molar-refractivity contribution in [3.05, 3.63) is 83.9 Å². The number of hydrogen-bond donors (Lipinski definition) is 0. The van der Waals surface area contributed by atoms with E-state index in [4.69, 9.17) is 0 Å².